The van der Waals surface area contributed by atoms with Gasteiger partial charge in [-0.2, -0.15) is 0 Å². The van der Waals surface area contributed by atoms with E-state index in [2.05, 4.69) is 4.98 Å². The fourth-order valence-electron chi connectivity index (χ4n) is 2.92. The monoisotopic (exact) mass is 336 g/mol. The molecule has 0 aliphatic carbocycles. The Hall–Kier alpha value is -1.85. The molecule has 23 heavy (non-hydrogen) atoms. The number of benzene rings is 1. The summed E-state index contributed by atoms with van der Waals surface area (Å²) >= 11 is 6.00. The van der Waals surface area contributed by atoms with E-state index in [4.69, 9.17) is 26.8 Å². The van der Waals surface area contributed by atoms with Gasteiger partial charge in [0, 0.05) is 30.8 Å². The zero-order chi connectivity index (χ0) is 16.4. The first kappa shape index (κ1) is 16.0. The molecule has 0 radical (unpaired) electrons. The van der Waals surface area contributed by atoms with Crippen molar-refractivity contribution in [2.45, 2.75) is 25.4 Å². The third-order valence-corrected chi connectivity index (χ3v) is 4.24. The minimum Gasteiger partial charge on any atom is -0.478 e. The summed E-state index contributed by atoms with van der Waals surface area (Å²) in [7, 11) is 0. The number of rotatable bonds is 3. The van der Waals surface area contributed by atoms with Gasteiger partial charge in [-0.05, 0) is 30.7 Å². The lowest BCUT2D eigenvalue weighted by atomic mass is 9.87. The van der Waals surface area contributed by atoms with E-state index in [9.17, 15) is 4.39 Å². The molecule has 0 unspecified atom stereocenters. The lowest BCUT2D eigenvalue weighted by Gasteiger charge is -2.38. The molecule has 1 aliphatic heterocycles. The zero-order valence-electron chi connectivity index (χ0n) is 12.8. The Bertz CT molecular complexity index is 718. The number of aryl methyl sites for hydroxylation is 1. The molecule has 4 nitrogen and oxygen atoms in total. The Balaban J connectivity index is 2.02. The van der Waals surface area contributed by atoms with Crippen LogP contribution in [-0.4, -0.2) is 18.2 Å². The Morgan fingerprint density at radius 3 is 2.70 bits per heavy atom. The molecule has 0 atom stereocenters. The highest BCUT2D eigenvalue weighted by Crippen LogP contribution is 2.39. The van der Waals surface area contributed by atoms with Crippen LogP contribution in [0.25, 0.3) is 0 Å². The van der Waals surface area contributed by atoms with Gasteiger partial charge < -0.3 is 15.2 Å². The van der Waals surface area contributed by atoms with Gasteiger partial charge in [-0.3, -0.25) is 4.98 Å². The third kappa shape index (κ3) is 3.26. The fraction of sp³-hybridized carbons (Fsp3) is 0.353. The topological polar surface area (TPSA) is 57.4 Å². The van der Waals surface area contributed by atoms with Crippen LogP contribution in [0.15, 0.2) is 30.5 Å². The van der Waals surface area contributed by atoms with E-state index in [1.165, 1.54) is 6.07 Å². The van der Waals surface area contributed by atoms with Crippen LogP contribution in [0.4, 0.5) is 10.1 Å². The van der Waals surface area contributed by atoms with E-state index in [1.807, 2.05) is 13.0 Å². The second-order valence-electron chi connectivity index (χ2n) is 5.72. The average Bonchev–Trinajstić information content (AvgIpc) is 2.51. The van der Waals surface area contributed by atoms with E-state index in [0.29, 0.717) is 36.8 Å². The van der Waals surface area contributed by atoms with Crippen molar-refractivity contribution >= 4 is 17.3 Å². The second-order valence-corrected chi connectivity index (χ2v) is 6.15. The van der Waals surface area contributed by atoms with Crippen LogP contribution in [0.1, 0.15) is 24.1 Å². The van der Waals surface area contributed by atoms with Crippen LogP contribution >= 0.6 is 11.6 Å². The predicted octanol–water partition coefficient (Wildman–Crippen LogP) is 3.85. The van der Waals surface area contributed by atoms with Gasteiger partial charge in [-0.1, -0.05) is 11.6 Å². The maximum Gasteiger partial charge on any atom is 0.167 e. The number of nitrogen functional groups attached to an aromatic ring is 1. The number of hydrogen-bond acceptors (Lipinski definition) is 4. The number of hydrogen-bond donors (Lipinski definition) is 1. The number of pyridine rings is 1. The molecule has 1 aromatic heterocycles. The molecule has 0 saturated carbocycles. The van der Waals surface area contributed by atoms with Gasteiger partial charge in [0.2, 0.25) is 0 Å². The first-order chi connectivity index (χ1) is 11.0. The zero-order valence-corrected chi connectivity index (χ0v) is 13.6. The molecule has 0 amide bonds. The largest absolute Gasteiger partial charge is 0.478 e. The van der Waals surface area contributed by atoms with E-state index < -0.39 is 11.4 Å². The summed E-state index contributed by atoms with van der Waals surface area (Å²) in [6.07, 6.45) is 2.77. The van der Waals surface area contributed by atoms with Gasteiger partial charge in [0.15, 0.2) is 17.2 Å². The van der Waals surface area contributed by atoms with E-state index in [1.54, 1.807) is 18.3 Å². The molecule has 1 aromatic carbocycles. The van der Waals surface area contributed by atoms with Crippen molar-refractivity contribution in [3.05, 3.63) is 52.6 Å². The molecule has 1 aliphatic rings. The minimum atomic E-state index is -0.732. The van der Waals surface area contributed by atoms with E-state index >= 15 is 0 Å². The molecular weight excluding hydrogens is 319 g/mol. The summed E-state index contributed by atoms with van der Waals surface area (Å²) in [4.78, 5) is 4.46. The van der Waals surface area contributed by atoms with Crippen LogP contribution in [0.5, 0.6) is 5.75 Å². The molecule has 1 saturated heterocycles. The second kappa shape index (κ2) is 6.34. The summed E-state index contributed by atoms with van der Waals surface area (Å²) in [6.45, 7) is 2.98. The van der Waals surface area contributed by atoms with E-state index in [-0.39, 0.29) is 5.75 Å². The third-order valence-electron chi connectivity index (χ3n) is 4.04. The summed E-state index contributed by atoms with van der Waals surface area (Å²) in [5.41, 5.74) is 6.91. The van der Waals surface area contributed by atoms with Crippen molar-refractivity contribution < 1.29 is 13.9 Å². The Morgan fingerprint density at radius 1 is 1.30 bits per heavy atom. The van der Waals surface area contributed by atoms with Crippen molar-refractivity contribution in [1.29, 1.82) is 0 Å². The highest BCUT2D eigenvalue weighted by Gasteiger charge is 2.40. The lowest BCUT2D eigenvalue weighted by Crippen LogP contribution is -2.41. The lowest BCUT2D eigenvalue weighted by molar-refractivity contribution is -0.0547. The summed E-state index contributed by atoms with van der Waals surface area (Å²) < 4.78 is 25.7. The smallest absolute Gasteiger partial charge is 0.167 e. The quantitative estimate of drug-likeness (QED) is 0.865. The number of aromatic nitrogens is 1. The van der Waals surface area contributed by atoms with Crippen molar-refractivity contribution in [3.8, 4) is 5.75 Å². The summed E-state index contributed by atoms with van der Waals surface area (Å²) in [5, 5.41) is 0.562. The number of ether oxygens (including phenoxy) is 2. The predicted molar refractivity (Wildman–Crippen MR) is 87.2 cm³/mol. The fourth-order valence-corrected chi connectivity index (χ4v) is 3.13. The van der Waals surface area contributed by atoms with Crippen molar-refractivity contribution in [1.82, 2.24) is 4.98 Å². The number of anilines is 1. The molecule has 0 spiro atoms. The number of halogens is 2. The van der Waals surface area contributed by atoms with Crippen LogP contribution in [0.2, 0.25) is 5.02 Å². The molecule has 6 heteroatoms. The molecule has 2 N–H and O–H groups in total. The van der Waals surface area contributed by atoms with Gasteiger partial charge in [0.05, 0.1) is 23.9 Å². The molecule has 0 bridgehead atoms. The van der Waals surface area contributed by atoms with Crippen LogP contribution in [-0.2, 0) is 10.3 Å². The van der Waals surface area contributed by atoms with Crippen molar-refractivity contribution in [3.63, 3.8) is 0 Å². The Kier molecular flexibility index (Phi) is 4.41. The minimum absolute atomic E-state index is 0.164. The Morgan fingerprint density at radius 2 is 2.04 bits per heavy atom. The molecule has 2 heterocycles. The van der Waals surface area contributed by atoms with E-state index in [0.717, 1.165) is 11.3 Å². The number of nitrogens with two attached hydrogens (primary N) is 1. The molecule has 1 fully saturated rings. The van der Waals surface area contributed by atoms with Gasteiger partial charge >= 0.3 is 0 Å². The molecule has 2 aromatic rings. The molecule has 122 valence electrons. The Labute approximate surface area is 139 Å². The summed E-state index contributed by atoms with van der Waals surface area (Å²) in [6, 6.07) is 6.26. The normalized spacial score (nSPS) is 17.0. The van der Waals surface area contributed by atoms with Gasteiger partial charge in [0.1, 0.15) is 0 Å². The first-order valence-corrected chi connectivity index (χ1v) is 7.82. The number of nitrogens with zero attached hydrogens (tertiary/aromatic N) is 1. The summed E-state index contributed by atoms with van der Waals surface area (Å²) in [5.74, 6) is -0.320. The van der Waals surface area contributed by atoms with Crippen LogP contribution in [0.3, 0.4) is 0 Å². The van der Waals surface area contributed by atoms with Gasteiger partial charge in [-0.25, -0.2) is 4.39 Å². The van der Waals surface area contributed by atoms with Crippen LogP contribution in [0, 0.1) is 12.7 Å². The van der Waals surface area contributed by atoms with Gasteiger partial charge in [-0.15, -0.1) is 0 Å². The van der Waals surface area contributed by atoms with Crippen molar-refractivity contribution in [2.75, 3.05) is 18.9 Å². The highest BCUT2D eigenvalue weighted by atomic mass is 35.5. The van der Waals surface area contributed by atoms with Crippen LogP contribution < -0.4 is 10.5 Å². The average molecular weight is 337 g/mol. The molecule has 3 rings (SSSR count). The maximum absolute atomic E-state index is 14.2. The maximum atomic E-state index is 14.2. The highest BCUT2D eigenvalue weighted by molar-refractivity contribution is 6.30. The SMILES string of the molecule is Cc1cc(Cl)cnc1C1(Oc2ccc(N)cc2F)CCOCC1. The van der Waals surface area contributed by atoms with Crippen molar-refractivity contribution in [2.24, 2.45) is 0 Å². The van der Waals surface area contributed by atoms with Gasteiger partial charge in [0.25, 0.3) is 0 Å². The molecular formula is C17H18ClFN2O2. The standard InChI is InChI=1S/C17H18ClFN2O2/c1-11-8-12(18)10-21-16(11)17(4-6-22-7-5-17)23-15-3-2-13(20)9-14(15)19/h2-3,8-10H,4-7,20H2,1H3. The first-order valence-electron chi connectivity index (χ1n) is 7.45.